The van der Waals surface area contributed by atoms with Gasteiger partial charge in [0.15, 0.2) is 0 Å². The molecule has 0 fully saturated rings. The molecule has 174 valence electrons. The standard InChI is InChI=1S/C26H21N5O3S/c1-33-19-12-13-21(34-2)23(14-19)35-22-11-7-6-10-18(22)16-28-31-26-29-24(17-8-4-3-5-9-17)20(15-27)25(32)30-26/h3-14,16H,1-2H3,(H2,29,30,31,32). The third-order valence-electron chi connectivity index (χ3n) is 4.96. The van der Waals surface area contributed by atoms with E-state index in [9.17, 15) is 10.1 Å². The summed E-state index contributed by atoms with van der Waals surface area (Å²) < 4.78 is 10.8. The maximum atomic E-state index is 12.4. The maximum Gasteiger partial charge on any atom is 0.270 e. The number of rotatable bonds is 8. The summed E-state index contributed by atoms with van der Waals surface area (Å²) in [5.41, 5.74) is 3.96. The summed E-state index contributed by atoms with van der Waals surface area (Å²) in [6.45, 7) is 0. The van der Waals surface area contributed by atoms with Crippen LogP contribution in [-0.4, -0.2) is 30.4 Å². The number of nitrogens with one attached hydrogen (secondary N) is 2. The molecule has 4 rings (SSSR count). The summed E-state index contributed by atoms with van der Waals surface area (Å²) in [6.07, 6.45) is 1.63. The summed E-state index contributed by atoms with van der Waals surface area (Å²) in [5, 5.41) is 13.7. The summed E-state index contributed by atoms with van der Waals surface area (Å²) in [7, 11) is 3.24. The first kappa shape index (κ1) is 23.6. The molecule has 0 aliphatic rings. The fraction of sp³-hybridized carbons (Fsp3) is 0.0769. The fourth-order valence-corrected chi connectivity index (χ4v) is 4.31. The lowest BCUT2D eigenvalue weighted by Crippen LogP contribution is -2.16. The number of anilines is 1. The Morgan fingerprint density at radius 1 is 1.03 bits per heavy atom. The Balaban J connectivity index is 1.60. The fourth-order valence-electron chi connectivity index (χ4n) is 3.26. The van der Waals surface area contributed by atoms with Crippen LogP contribution in [0.25, 0.3) is 11.3 Å². The SMILES string of the molecule is COc1ccc(OC)c(Sc2ccccc2C=NNc2nc(-c3ccccc3)c(C#N)c(=O)[nH]2)c1. The lowest BCUT2D eigenvalue weighted by molar-refractivity contribution is 0.394. The van der Waals surface area contributed by atoms with Gasteiger partial charge < -0.3 is 9.47 Å². The van der Waals surface area contributed by atoms with Gasteiger partial charge in [-0.25, -0.2) is 10.4 Å². The number of ether oxygens (including phenoxy) is 2. The van der Waals surface area contributed by atoms with E-state index in [1.807, 2.05) is 66.7 Å². The van der Waals surface area contributed by atoms with Gasteiger partial charge in [-0.1, -0.05) is 60.3 Å². The number of aromatic amines is 1. The normalized spacial score (nSPS) is 10.7. The van der Waals surface area contributed by atoms with E-state index in [1.54, 1.807) is 32.6 Å². The van der Waals surface area contributed by atoms with Crippen molar-refractivity contribution in [3.8, 4) is 28.8 Å². The quantitative estimate of drug-likeness (QED) is 0.270. The Labute approximate surface area is 206 Å². The van der Waals surface area contributed by atoms with E-state index in [1.165, 1.54) is 11.8 Å². The number of methoxy groups -OCH3 is 2. The van der Waals surface area contributed by atoms with Gasteiger partial charge in [0.05, 0.1) is 31.0 Å². The molecule has 0 aliphatic heterocycles. The zero-order valence-corrected chi connectivity index (χ0v) is 19.8. The third-order valence-corrected chi connectivity index (χ3v) is 6.09. The second-order valence-corrected chi connectivity index (χ2v) is 8.23. The minimum absolute atomic E-state index is 0.0558. The smallest absolute Gasteiger partial charge is 0.270 e. The van der Waals surface area contributed by atoms with Gasteiger partial charge in [-0.15, -0.1) is 0 Å². The number of hydrogen-bond acceptors (Lipinski definition) is 8. The van der Waals surface area contributed by atoms with Crippen molar-refractivity contribution in [2.75, 3.05) is 19.6 Å². The van der Waals surface area contributed by atoms with Gasteiger partial charge >= 0.3 is 0 Å². The molecule has 35 heavy (non-hydrogen) atoms. The molecule has 0 atom stereocenters. The van der Waals surface area contributed by atoms with Crippen LogP contribution in [0.1, 0.15) is 11.1 Å². The predicted octanol–water partition coefficient (Wildman–Crippen LogP) is 4.92. The minimum atomic E-state index is -0.542. The Bertz CT molecular complexity index is 1460. The molecule has 0 aliphatic carbocycles. The van der Waals surface area contributed by atoms with E-state index < -0.39 is 5.56 Å². The molecule has 8 nitrogen and oxygen atoms in total. The van der Waals surface area contributed by atoms with Crippen molar-refractivity contribution in [1.29, 1.82) is 5.26 Å². The molecule has 0 bridgehead atoms. The molecule has 0 saturated heterocycles. The number of nitrogens with zero attached hydrogens (tertiary/aromatic N) is 3. The van der Waals surface area contributed by atoms with Crippen molar-refractivity contribution < 1.29 is 9.47 Å². The molecule has 3 aromatic carbocycles. The van der Waals surface area contributed by atoms with Gasteiger partial charge in [0.25, 0.3) is 5.56 Å². The van der Waals surface area contributed by atoms with E-state index in [0.717, 1.165) is 26.9 Å². The van der Waals surface area contributed by atoms with E-state index in [-0.39, 0.29) is 17.2 Å². The maximum absolute atomic E-state index is 12.4. The lowest BCUT2D eigenvalue weighted by Gasteiger charge is -2.11. The molecule has 1 aromatic heterocycles. The van der Waals surface area contributed by atoms with Gasteiger partial charge in [0, 0.05) is 16.0 Å². The topological polar surface area (TPSA) is 112 Å². The largest absolute Gasteiger partial charge is 0.497 e. The van der Waals surface area contributed by atoms with Crippen LogP contribution >= 0.6 is 11.8 Å². The summed E-state index contributed by atoms with van der Waals surface area (Å²) in [4.78, 5) is 21.2. The zero-order valence-electron chi connectivity index (χ0n) is 19.0. The first-order valence-corrected chi connectivity index (χ1v) is 11.3. The van der Waals surface area contributed by atoms with Crippen LogP contribution in [0.3, 0.4) is 0 Å². The number of nitriles is 1. The van der Waals surface area contributed by atoms with Crippen molar-refractivity contribution in [3.05, 3.63) is 94.3 Å². The summed E-state index contributed by atoms with van der Waals surface area (Å²) in [6, 6.07) is 24.3. The van der Waals surface area contributed by atoms with E-state index in [2.05, 4.69) is 20.5 Å². The molecule has 2 N–H and O–H groups in total. The molecule has 0 radical (unpaired) electrons. The Morgan fingerprint density at radius 2 is 1.80 bits per heavy atom. The Hall–Kier alpha value is -4.55. The summed E-state index contributed by atoms with van der Waals surface area (Å²) >= 11 is 1.51. The van der Waals surface area contributed by atoms with Crippen molar-refractivity contribution >= 4 is 23.9 Å². The predicted molar refractivity (Wildman–Crippen MR) is 136 cm³/mol. The molecule has 4 aromatic rings. The molecule has 0 saturated carbocycles. The van der Waals surface area contributed by atoms with E-state index in [0.29, 0.717) is 5.56 Å². The van der Waals surface area contributed by atoms with Crippen LogP contribution in [-0.2, 0) is 0 Å². The average Bonchev–Trinajstić information content (AvgIpc) is 2.89. The summed E-state index contributed by atoms with van der Waals surface area (Å²) in [5.74, 6) is 1.59. The Kier molecular flexibility index (Phi) is 7.45. The first-order chi connectivity index (χ1) is 17.1. The van der Waals surface area contributed by atoms with Crippen molar-refractivity contribution in [1.82, 2.24) is 9.97 Å². The second-order valence-electron chi connectivity index (χ2n) is 7.14. The van der Waals surface area contributed by atoms with Gasteiger partial charge in [-0.2, -0.15) is 10.4 Å². The number of aromatic nitrogens is 2. The highest BCUT2D eigenvalue weighted by Crippen LogP contribution is 2.38. The molecule has 0 spiro atoms. The highest BCUT2D eigenvalue weighted by Gasteiger charge is 2.13. The zero-order chi connectivity index (χ0) is 24.6. The number of H-pyrrole nitrogens is 1. The van der Waals surface area contributed by atoms with Crippen molar-refractivity contribution in [2.45, 2.75) is 9.79 Å². The average molecular weight is 484 g/mol. The van der Waals surface area contributed by atoms with Crippen molar-refractivity contribution in [2.24, 2.45) is 5.10 Å². The van der Waals surface area contributed by atoms with Crippen LogP contribution in [0.15, 0.2) is 92.5 Å². The molecule has 1 heterocycles. The highest BCUT2D eigenvalue weighted by atomic mass is 32.2. The third kappa shape index (κ3) is 5.51. The molecule has 9 heteroatoms. The van der Waals surface area contributed by atoms with E-state index in [4.69, 9.17) is 9.47 Å². The van der Waals surface area contributed by atoms with Crippen LogP contribution in [0.2, 0.25) is 0 Å². The van der Waals surface area contributed by atoms with Crippen LogP contribution < -0.4 is 20.5 Å². The molecular formula is C26H21N5O3S. The lowest BCUT2D eigenvalue weighted by atomic mass is 10.1. The van der Waals surface area contributed by atoms with Crippen LogP contribution in [0.4, 0.5) is 5.95 Å². The van der Waals surface area contributed by atoms with Crippen LogP contribution in [0, 0.1) is 11.3 Å². The van der Waals surface area contributed by atoms with Crippen LogP contribution in [0.5, 0.6) is 11.5 Å². The molecule has 0 unspecified atom stereocenters. The monoisotopic (exact) mass is 483 g/mol. The Morgan fingerprint density at radius 3 is 2.54 bits per heavy atom. The number of hydrazone groups is 1. The molecular weight excluding hydrogens is 462 g/mol. The first-order valence-electron chi connectivity index (χ1n) is 10.5. The van der Waals surface area contributed by atoms with E-state index >= 15 is 0 Å². The molecule has 0 amide bonds. The number of benzene rings is 3. The highest BCUT2D eigenvalue weighted by molar-refractivity contribution is 7.99. The van der Waals surface area contributed by atoms with Gasteiger partial charge in [-0.05, 0) is 24.3 Å². The second kappa shape index (κ2) is 11.0. The number of hydrogen-bond donors (Lipinski definition) is 2. The van der Waals surface area contributed by atoms with Crippen molar-refractivity contribution in [3.63, 3.8) is 0 Å². The minimum Gasteiger partial charge on any atom is -0.497 e. The van der Waals surface area contributed by atoms with Gasteiger partial charge in [-0.3, -0.25) is 9.78 Å². The van der Waals surface area contributed by atoms with Gasteiger partial charge in [0.2, 0.25) is 5.95 Å². The van der Waals surface area contributed by atoms with Gasteiger partial charge in [0.1, 0.15) is 23.1 Å².